The molecule has 0 aliphatic rings. The molecule has 2 N–H and O–H groups in total. The number of benzene rings is 1. The monoisotopic (exact) mass is 323 g/mol. The molecule has 0 spiro atoms. The number of nitrogens with one attached hydrogen (secondary N) is 1. The first-order valence-electron chi connectivity index (χ1n) is 5.92. The third-order valence-electron chi connectivity index (χ3n) is 2.57. The molecule has 2 rings (SSSR count). The molecule has 0 atom stereocenters. The van der Waals surface area contributed by atoms with Crippen LogP contribution in [0.2, 0.25) is 0 Å². The smallest absolute Gasteiger partial charge is 0.287 e. The van der Waals surface area contributed by atoms with E-state index in [1.807, 2.05) is 30.3 Å². The van der Waals surface area contributed by atoms with Crippen LogP contribution in [0.1, 0.15) is 6.42 Å². The van der Waals surface area contributed by atoms with Crippen LogP contribution in [-0.2, 0) is 0 Å². The van der Waals surface area contributed by atoms with E-state index in [2.05, 4.69) is 26.3 Å². The zero-order valence-electron chi connectivity index (χ0n) is 10.2. The van der Waals surface area contributed by atoms with Crippen molar-refractivity contribution in [2.24, 2.45) is 0 Å². The van der Waals surface area contributed by atoms with Gasteiger partial charge in [0.15, 0.2) is 0 Å². The van der Waals surface area contributed by atoms with Crippen molar-refractivity contribution in [3.63, 3.8) is 0 Å². The van der Waals surface area contributed by atoms with Gasteiger partial charge in [-0.1, -0.05) is 18.2 Å². The van der Waals surface area contributed by atoms with Gasteiger partial charge in [-0.3, -0.25) is 4.79 Å². The molecule has 5 nitrogen and oxygen atoms in total. The van der Waals surface area contributed by atoms with Crippen molar-refractivity contribution in [2.75, 3.05) is 18.5 Å². The second kappa shape index (κ2) is 6.49. The van der Waals surface area contributed by atoms with Crippen LogP contribution >= 0.6 is 15.9 Å². The van der Waals surface area contributed by atoms with Crippen LogP contribution in [0, 0.1) is 0 Å². The van der Waals surface area contributed by atoms with Gasteiger partial charge in [-0.05, 0) is 34.5 Å². The molecule has 0 bridgehead atoms. The standard InChI is InChI=1S/C13H14BrN3O2/c14-12-11(15-7-4-8-18)9-16-17(13(12)19)10-5-2-1-3-6-10/h1-3,5-6,9,15,18H,4,7-8H2. The lowest BCUT2D eigenvalue weighted by molar-refractivity contribution is 0.292. The number of hydrogen-bond donors (Lipinski definition) is 2. The first-order chi connectivity index (χ1) is 9.24. The van der Waals surface area contributed by atoms with Gasteiger partial charge in [0.1, 0.15) is 4.47 Å². The Labute approximate surface area is 119 Å². The summed E-state index contributed by atoms with van der Waals surface area (Å²) in [6, 6.07) is 9.23. The zero-order chi connectivity index (χ0) is 13.7. The molecule has 2 aromatic rings. The van der Waals surface area contributed by atoms with Crippen molar-refractivity contribution in [3.05, 3.63) is 51.4 Å². The van der Waals surface area contributed by atoms with E-state index in [4.69, 9.17) is 5.11 Å². The number of aliphatic hydroxyl groups excluding tert-OH is 1. The largest absolute Gasteiger partial charge is 0.396 e. The van der Waals surface area contributed by atoms with Gasteiger partial charge in [0, 0.05) is 13.2 Å². The second-order valence-corrected chi connectivity index (χ2v) is 4.72. The summed E-state index contributed by atoms with van der Waals surface area (Å²) in [6.45, 7) is 0.699. The summed E-state index contributed by atoms with van der Waals surface area (Å²) in [6.07, 6.45) is 2.21. The molecule has 0 aliphatic heterocycles. The maximum Gasteiger partial charge on any atom is 0.287 e. The first kappa shape index (κ1) is 13.8. The molecule has 0 amide bonds. The Hall–Kier alpha value is -1.66. The van der Waals surface area contributed by atoms with E-state index >= 15 is 0 Å². The summed E-state index contributed by atoms with van der Waals surface area (Å²) in [5, 5.41) is 15.9. The number of anilines is 1. The SMILES string of the molecule is O=c1c(Br)c(NCCCO)cnn1-c1ccccc1. The molecule has 0 saturated carbocycles. The number of halogens is 1. The zero-order valence-corrected chi connectivity index (χ0v) is 11.8. The van der Waals surface area contributed by atoms with Crippen LogP contribution < -0.4 is 10.9 Å². The van der Waals surface area contributed by atoms with Crippen LogP contribution in [0.5, 0.6) is 0 Å². The van der Waals surface area contributed by atoms with Crippen molar-refractivity contribution in [1.29, 1.82) is 0 Å². The van der Waals surface area contributed by atoms with Gasteiger partial charge in [-0.15, -0.1) is 0 Å². The number of aliphatic hydroxyl groups is 1. The summed E-state index contributed by atoms with van der Waals surface area (Å²) < 4.78 is 1.77. The Morgan fingerprint density at radius 2 is 2.05 bits per heavy atom. The fourth-order valence-electron chi connectivity index (χ4n) is 1.61. The molecule has 0 unspecified atom stereocenters. The van der Waals surface area contributed by atoms with Gasteiger partial charge in [0.25, 0.3) is 5.56 Å². The second-order valence-electron chi connectivity index (χ2n) is 3.93. The van der Waals surface area contributed by atoms with E-state index in [0.29, 0.717) is 23.1 Å². The van der Waals surface area contributed by atoms with E-state index < -0.39 is 0 Å². The minimum absolute atomic E-state index is 0.110. The van der Waals surface area contributed by atoms with Crippen LogP contribution in [-0.4, -0.2) is 28.0 Å². The van der Waals surface area contributed by atoms with Gasteiger partial charge in [-0.25, -0.2) is 0 Å². The van der Waals surface area contributed by atoms with Crippen LogP contribution in [0.25, 0.3) is 5.69 Å². The predicted molar refractivity (Wildman–Crippen MR) is 77.7 cm³/mol. The van der Waals surface area contributed by atoms with Crippen LogP contribution in [0.4, 0.5) is 5.69 Å². The van der Waals surface area contributed by atoms with Crippen LogP contribution in [0.3, 0.4) is 0 Å². The third-order valence-corrected chi connectivity index (χ3v) is 3.34. The predicted octanol–water partition coefficient (Wildman–Crippen LogP) is 1.79. The first-order valence-corrected chi connectivity index (χ1v) is 6.71. The fourth-order valence-corrected chi connectivity index (χ4v) is 2.02. The molecule has 19 heavy (non-hydrogen) atoms. The van der Waals surface area contributed by atoms with Crippen molar-refractivity contribution in [1.82, 2.24) is 9.78 Å². The van der Waals surface area contributed by atoms with E-state index in [1.165, 1.54) is 4.68 Å². The van der Waals surface area contributed by atoms with E-state index in [-0.39, 0.29) is 12.2 Å². The molecular weight excluding hydrogens is 310 g/mol. The average molecular weight is 324 g/mol. The van der Waals surface area contributed by atoms with Crippen molar-refractivity contribution < 1.29 is 5.11 Å². The Balaban J connectivity index is 2.30. The van der Waals surface area contributed by atoms with Gasteiger partial charge in [-0.2, -0.15) is 9.78 Å². The van der Waals surface area contributed by atoms with E-state index in [0.717, 1.165) is 5.69 Å². The molecule has 100 valence electrons. The third kappa shape index (κ3) is 3.21. The Morgan fingerprint density at radius 3 is 2.74 bits per heavy atom. The highest BCUT2D eigenvalue weighted by Gasteiger charge is 2.09. The maximum absolute atomic E-state index is 12.2. The van der Waals surface area contributed by atoms with E-state index in [1.54, 1.807) is 6.20 Å². The molecule has 1 aromatic carbocycles. The Bertz CT molecular complexity index is 599. The van der Waals surface area contributed by atoms with Gasteiger partial charge >= 0.3 is 0 Å². The summed E-state index contributed by atoms with van der Waals surface area (Å²) in [5.41, 5.74) is 1.13. The normalized spacial score (nSPS) is 10.4. The fraction of sp³-hybridized carbons (Fsp3) is 0.231. The molecule has 0 fully saturated rings. The Kier molecular flexibility index (Phi) is 4.70. The summed E-state index contributed by atoms with van der Waals surface area (Å²) in [4.78, 5) is 12.2. The quantitative estimate of drug-likeness (QED) is 0.823. The lowest BCUT2D eigenvalue weighted by Gasteiger charge is -2.09. The lowest BCUT2D eigenvalue weighted by atomic mass is 10.3. The molecule has 1 heterocycles. The lowest BCUT2D eigenvalue weighted by Crippen LogP contribution is -2.23. The summed E-state index contributed by atoms with van der Waals surface area (Å²) >= 11 is 3.28. The van der Waals surface area contributed by atoms with Crippen molar-refractivity contribution >= 4 is 21.6 Å². The molecule has 1 aromatic heterocycles. The minimum atomic E-state index is -0.222. The van der Waals surface area contributed by atoms with Gasteiger partial charge < -0.3 is 10.4 Å². The van der Waals surface area contributed by atoms with Gasteiger partial charge in [0.2, 0.25) is 0 Å². The molecular formula is C13H14BrN3O2. The maximum atomic E-state index is 12.2. The van der Waals surface area contributed by atoms with Crippen molar-refractivity contribution in [3.8, 4) is 5.69 Å². The van der Waals surface area contributed by atoms with Crippen LogP contribution in [0.15, 0.2) is 45.8 Å². The molecule has 0 radical (unpaired) electrons. The Morgan fingerprint density at radius 1 is 1.32 bits per heavy atom. The molecule has 0 aliphatic carbocycles. The average Bonchev–Trinajstić information content (AvgIpc) is 2.45. The number of aromatic nitrogens is 2. The van der Waals surface area contributed by atoms with E-state index in [9.17, 15) is 4.79 Å². The highest BCUT2D eigenvalue weighted by molar-refractivity contribution is 9.10. The summed E-state index contributed by atoms with van der Waals surface area (Å²) in [7, 11) is 0. The molecule has 6 heteroatoms. The minimum Gasteiger partial charge on any atom is -0.396 e. The highest BCUT2D eigenvalue weighted by Crippen LogP contribution is 2.17. The van der Waals surface area contributed by atoms with Crippen molar-refractivity contribution in [2.45, 2.75) is 6.42 Å². The highest BCUT2D eigenvalue weighted by atomic mass is 79.9. The summed E-state index contributed by atoms with van der Waals surface area (Å²) in [5.74, 6) is 0. The molecule has 0 saturated heterocycles. The number of nitrogens with zero attached hydrogens (tertiary/aromatic N) is 2. The van der Waals surface area contributed by atoms with Gasteiger partial charge in [0.05, 0.1) is 17.6 Å². The number of rotatable bonds is 5. The number of hydrogen-bond acceptors (Lipinski definition) is 4. The topological polar surface area (TPSA) is 67.2 Å². The number of para-hydroxylation sites is 1.